The van der Waals surface area contributed by atoms with Crippen LogP contribution < -0.4 is 10.3 Å². The van der Waals surface area contributed by atoms with Crippen LogP contribution in [-0.4, -0.2) is 13.1 Å². The quantitative estimate of drug-likeness (QED) is 0.718. The summed E-state index contributed by atoms with van der Waals surface area (Å²) in [5.74, 6) is 0.599. The van der Waals surface area contributed by atoms with Crippen molar-refractivity contribution in [3.05, 3.63) is 27.6 Å². The number of hydrogen-bond acceptors (Lipinski definition) is 3. The Bertz CT molecular complexity index is 369. The molecule has 0 unspecified atom stereocenters. The minimum atomic E-state index is -0.0955. The average molecular weight is 214 g/mol. The van der Waals surface area contributed by atoms with Crippen LogP contribution in [0.1, 0.15) is 19.3 Å². The minimum Gasteiger partial charge on any atom is -0.429 e. The first-order valence-corrected chi connectivity index (χ1v) is 5.19. The maximum atomic E-state index is 11.2. The second kappa shape index (κ2) is 4.05. The van der Waals surface area contributed by atoms with Crippen molar-refractivity contribution in [2.75, 3.05) is 18.0 Å². The van der Waals surface area contributed by atoms with Gasteiger partial charge in [0.25, 0.3) is 0 Å². The SMILES string of the molecule is O=c1cc(Cl)oc(N2CCCCC2)c1. The van der Waals surface area contributed by atoms with E-state index in [9.17, 15) is 4.79 Å². The van der Waals surface area contributed by atoms with Crippen molar-refractivity contribution in [3.8, 4) is 0 Å². The molecule has 1 aromatic heterocycles. The van der Waals surface area contributed by atoms with E-state index in [1.807, 2.05) is 0 Å². The Labute approximate surface area is 87.3 Å². The zero-order chi connectivity index (χ0) is 9.97. The smallest absolute Gasteiger partial charge is 0.201 e. The zero-order valence-corrected chi connectivity index (χ0v) is 8.59. The Hall–Kier alpha value is -0.960. The fourth-order valence-electron chi connectivity index (χ4n) is 1.70. The maximum Gasteiger partial charge on any atom is 0.201 e. The van der Waals surface area contributed by atoms with Crippen LogP contribution in [0.25, 0.3) is 0 Å². The van der Waals surface area contributed by atoms with Crippen molar-refractivity contribution < 1.29 is 4.42 Å². The Morgan fingerprint density at radius 2 is 1.93 bits per heavy atom. The number of piperidine rings is 1. The molecule has 0 radical (unpaired) electrons. The molecule has 1 aromatic rings. The van der Waals surface area contributed by atoms with Crippen LogP contribution >= 0.6 is 11.6 Å². The van der Waals surface area contributed by atoms with Crippen LogP contribution in [0.3, 0.4) is 0 Å². The van der Waals surface area contributed by atoms with Crippen molar-refractivity contribution in [3.63, 3.8) is 0 Å². The van der Waals surface area contributed by atoms with E-state index in [2.05, 4.69) is 4.90 Å². The molecule has 2 heterocycles. The van der Waals surface area contributed by atoms with Crippen molar-refractivity contribution in [1.82, 2.24) is 0 Å². The van der Waals surface area contributed by atoms with Gasteiger partial charge < -0.3 is 9.32 Å². The summed E-state index contributed by atoms with van der Waals surface area (Å²) in [6.07, 6.45) is 3.55. The summed E-state index contributed by atoms with van der Waals surface area (Å²) in [5, 5.41) is 0.165. The molecule has 0 aromatic carbocycles. The van der Waals surface area contributed by atoms with Gasteiger partial charge in [0.2, 0.25) is 5.88 Å². The largest absolute Gasteiger partial charge is 0.429 e. The zero-order valence-electron chi connectivity index (χ0n) is 7.83. The highest BCUT2D eigenvalue weighted by Gasteiger charge is 2.13. The molecular formula is C10H12ClNO2. The van der Waals surface area contributed by atoms with Crippen molar-refractivity contribution >= 4 is 17.5 Å². The molecule has 4 heteroatoms. The first-order chi connectivity index (χ1) is 6.75. The average Bonchev–Trinajstić information content (AvgIpc) is 2.18. The molecular weight excluding hydrogens is 202 g/mol. The summed E-state index contributed by atoms with van der Waals surface area (Å²) in [6, 6.07) is 2.78. The van der Waals surface area contributed by atoms with Gasteiger partial charge in [-0.1, -0.05) is 0 Å². The molecule has 0 saturated carbocycles. The Morgan fingerprint density at radius 1 is 1.21 bits per heavy atom. The molecule has 2 rings (SSSR count). The molecule has 0 N–H and O–H groups in total. The van der Waals surface area contributed by atoms with Gasteiger partial charge in [-0.2, -0.15) is 0 Å². The molecule has 1 saturated heterocycles. The van der Waals surface area contributed by atoms with Crippen LogP contribution in [0.2, 0.25) is 5.22 Å². The molecule has 14 heavy (non-hydrogen) atoms. The number of rotatable bonds is 1. The van der Waals surface area contributed by atoms with Gasteiger partial charge in [-0.3, -0.25) is 4.79 Å². The summed E-state index contributed by atoms with van der Waals surface area (Å²) in [7, 11) is 0. The van der Waals surface area contributed by atoms with Crippen molar-refractivity contribution in [2.24, 2.45) is 0 Å². The first kappa shape index (κ1) is 9.59. The molecule has 0 aliphatic carbocycles. The van der Waals surface area contributed by atoms with E-state index in [4.69, 9.17) is 16.0 Å². The lowest BCUT2D eigenvalue weighted by Crippen LogP contribution is -2.29. The lowest BCUT2D eigenvalue weighted by Gasteiger charge is -2.26. The van der Waals surface area contributed by atoms with E-state index >= 15 is 0 Å². The normalized spacial score (nSPS) is 17.1. The first-order valence-electron chi connectivity index (χ1n) is 4.81. The molecule has 0 spiro atoms. The fourth-order valence-corrected chi connectivity index (χ4v) is 1.89. The third-order valence-corrected chi connectivity index (χ3v) is 2.58. The summed E-state index contributed by atoms with van der Waals surface area (Å²) in [4.78, 5) is 13.2. The van der Waals surface area contributed by atoms with Gasteiger partial charge in [0.05, 0.1) is 0 Å². The van der Waals surface area contributed by atoms with Crippen molar-refractivity contribution in [2.45, 2.75) is 19.3 Å². The van der Waals surface area contributed by atoms with Gasteiger partial charge in [-0.15, -0.1) is 0 Å². The maximum absolute atomic E-state index is 11.2. The fraction of sp³-hybridized carbons (Fsp3) is 0.500. The highest BCUT2D eigenvalue weighted by molar-refractivity contribution is 6.28. The Kier molecular flexibility index (Phi) is 2.77. The minimum absolute atomic E-state index is 0.0955. The molecule has 1 fully saturated rings. The van der Waals surface area contributed by atoms with Crippen LogP contribution in [0.4, 0.5) is 5.88 Å². The number of hydrogen-bond donors (Lipinski definition) is 0. The predicted octanol–water partition coefficient (Wildman–Crippen LogP) is 2.28. The molecule has 76 valence electrons. The van der Waals surface area contributed by atoms with Gasteiger partial charge in [-0.05, 0) is 30.9 Å². The van der Waals surface area contributed by atoms with E-state index < -0.39 is 0 Å². The molecule has 0 atom stereocenters. The highest BCUT2D eigenvalue weighted by Crippen LogP contribution is 2.20. The highest BCUT2D eigenvalue weighted by atomic mass is 35.5. The van der Waals surface area contributed by atoms with Crippen LogP contribution in [0, 0.1) is 0 Å². The molecule has 0 bridgehead atoms. The summed E-state index contributed by atoms with van der Waals surface area (Å²) < 4.78 is 5.29. The third kappa shape index (κ3) is 2.10. The molecule has 1 aliphatic rings. The number of halogens is 1. The second-order valence-corrected chi connectivity index (χ2v) is 3.86. The van der Waals surface area contributed by atoms with E-state index in [-0.39, 0.29) is 10.6 Å². The van der Waals surface area contributed by atoms with E-state index in [0.29, 0.717) is 5.88 Å². The van der Waals surface area contributed by atoms with Gasteiger partial charge in [-0.25, -0.2) is 0 Å². The van der Waals surface area contributed by atoms with Gasteiger partial charge in [0.1, 0.15) is 0 Å². The summed E-state index contributed by atoms with van der Waals surface area (Å²) in [5.41, 5.74) is -0.0955. The van der Waals surface area contributed by atoms with Crippen LogP contribution in [0.15, 0.2) is 21.3 Å². The van der Waals surface area contributed by atoms with Crippen LogP contribution in [0.5, 0.6) is 0 Å². The van der Waals surface area contributed by atoms with E-state index in [1.165, 1.54) is 18.6 Å². The topological polar surface area (TPSA) is 33.5 Å². The lowest BCUT2D eigenvalue weighted by atomic mass is 10.1. The standard InChI is InChI=1S/C10H12ClNO2/c11-9-6-8(13)7-10(14-9)12-4-2-1-3-5-12/h6-7H,1-5H2. The third-order valence-electron chi connectivity index (χ3n) is 2.39. The van der Waals surface area contributed by atoms with E-state index in [0.717, 1.165) is 25.9 Å². The van der Waals surface area contributed by atoms with Crippen LogP contribution in [-0.2, 0) is 0 Å². The Morgan fingerprint density at radius 3 is 2.57 bits per heavy atom. The predicted molar refractivity (Wildman–Crippen MR) is 56.1 cm³/mol. The number of nitrogens with zero attached hydrogens (tertiary/aromatic N) is 1. The lowest BCUT2D eigenvalue weighted by molar-refractivity contribution is 0.490. The molecule has 0 amide bonds. The van der Waals surface area contributed by atoms with Crippen molar-refractivity contribution in [1.29, 1.82) is 0 Å². The summed E-state index contributed by atoms with van der Waals surface area (Å²) >= 11 is 5.68. The van der Waals surface area contributed by atoms with Gasteiger partial charge in [0, 0.05) is 25.2 Å². The van der Waals surface area contributed by atoms with E-state index in [1.54, 1.807) is 0 Å². The number of anilines is 1. The van der Waals surface area contributed by atoms with Gasteiger partial charge >= 0.3 is 0 Å². The molecule has 3 nitrogen and oxygen atoms in total. The second-order valence-electron chi connectivity index (χ2n) is 3.48. The summed E-state index contributed by atoms with van der Waals surface area (Å²) in [6.45, 7) is 1.90. The Balaban J connectivity index is 2.26. The molecule has 1 aliphatic heterocycles. The monoisotopic (exact) mass is 213 g/mol. The van der Waals surface area contributed by atoms with Gasteiger partial charge in [0.15, 0.2) is 10.6 Å².